The summed E-state index contributed by atoms with van der Waals surface area (Å²) in [5, 5.41) is 4.45. The molecule has 0 amide bonds. The van der Waals surface area contributed by atoms with Gasteiger partial charge >= 0.3 is 0 Å². The van der Waals surface area contributed by atoms with Crippen molar-refractivity contribution in [2.24, 2.45) is 0 Å². The van der Waals surface area contributed by atoms with Crippen molar-refractivity contribution in [3.05, 3.63) is 40.7 Å². The minimum Gasteiger partial charge on any atom is -0.396 e. The summed E-state index contributed by atoms with van der Waals surface area (Å²) >= 11 is 0. The van der Waals surface area contributed by atoms with E-state index in [-0.39, 0.29) is 0 Å². The van der Waals surface area contributed by atoms with Crippen molar-refractivity contribution >= 4 is 5.69 Å². The minimum atomic E-state index is 0.354. The highest BCUT2D eigenvalue weighted by Crippen LogP contribution is 2.28. The lowest BCUT2D eigenvalue weighted by Gasteiger charge is -2.16. The summed E-state index contributed by atoms with van der Waals surface area (Å²) < 4.78 is 1.99. The van der Waals surface area contributed by atoms with E-state index in [1.165, 1.54) is 16.7 Å². The van der Waals surface area contributed by atoms with E-state index in [9.17, 15) is 0 Å². The lowest BCUT2D eigenvalue weighted by molar-refractivity contribution is 0.730. The molecule has 0 saturated carbocycles. The number of hydrogen-bond donors (Lipinski definition) is 1. The molecule has 2 rings (SSSR count). The lowest BCUT2D eigenvalue weighted by atomic mass is 10.0. The van der Waals surface area contributed by atoms with E-state index in [0.29, 0.717) is 5.92 Å². The fraction of sp³-hybridized carbons (Fsp3) is 0.400. The van der Waals surface area contributed by atoms with Crippen molar-refractivity contribution in [2.75, 3.05) is 5.73 Å². The quantitative estimate of drug-likeness (QED) is 0.877. The fourth-order valence-corrected chi connectivity index (χ4v) is 2.63. The standard InChI is InChI=1S/C15H21N3/c1-9(2)14-13(16)8-17-18(14)15-11(4)6-10(3)7-12(15)5/h6-9H,16H2,1-5H3. The van der Waals surface area contributed by atoms with Crippen LogP contribution in [0.1, 0.15) is 42.1 Å². The van der Waals surface area contributed by atoms with Crippen LogP contribution in [0.5, 0.6) is 0 Å². The molecule has 18 heavy (non-hydrogen) atoms. The molecule has 0 aliphatic carbocycles. The maximum Gasteiger partial charge on any atom is 0.0740 e. The molecular weight excluding hydrogens is 222 g/mol. The number of nitrogens with two attached hydrogens (primary N) is 1. The molecule has 1 aromatic carbocycles. The van der Waals surface area contributed by atoms with E-state index in [2.05, 4.69) is 51.9 Å². The maximum atomic E-state index is 6.03. The van der Waals surface area contributed by atoms with E-state index in [4.69, 9.17) is 5.73 Å². The minimum absolute atomic E-state index is 0.354. The molecule has 1 heterocycles. The molecule has 1 aromatic heterocycles. The largest absolute Gasteiger partial charge is 0.396 e. The Hall–Kier alpha value is -1.77. The molecule has 0 saturated heterocycles. The second kappa shape index (κ2) is 4.48. The van der Waals surface area contributed by atoms with Gasteiger partial charge in [-0.15, -0.1) is 0 Å². The second-order valence-electron chi connectivity index (χ2n) is 5.30. The number of anilines is 1. The zero-order valence-corrected chi connectivity index (χ0v) is 11.8. The van der Waals surface area contributed by atoms with Crippen LogP contribution in [0.15, 0.2) is 18.3 Å². The Labute approximate surface area is 109 Å². The summed E-state index contributed by atoms with van der Waals surface area (Å²) in [4.78, 5) is 0. The summed E-state index contributed by atoms with van der Waals surface area (Å²) in [6.45, 7) is 10.6. The molecule has 0 spiro atoms. The number of aromatic nitrogens is 2. The van der Waals surface area contributed by atoms with Gasteiger partial charge in [0.1, 0.15) is 0 Å². The van der Waals surface area contributed by atoms with Crippen LogP contribution in [0.3, 0.4) is 0 Å². The van der Waals surface area contributed by atoms with Gasteiger partial charge in [-0.2, -0.15) is 5.10 Å². The Morgan fingerprint density at radius 1 is 1.11 bits per heavy atom. The average Bonchev–Trinajstić information content (AvgIpc) is 2.58. The predicted octanol–water partition coefficient (Wildman–Crippen LogP) is 3.50. The highest BCUT2D eigenvalue weighted by molar-refractivity contribution is 5.54. The SMILES string of the molecule is Cc1cc(C)c(-n2ncc(N)c2C(C)C)c(C)c1. The van der Waals surface area contributed by atoms with Gasteiger partial charge in [-0.05, 0) is 37.8 Å². The third-order valence-electron chi connectivity index (χ3n) is 3.23. The maximum absolute atomic E-state index is 6.03. The van der Waals surface area contributed by atoms with Crippen molar-refractivity contribution in [1.82, 2.24) is 9.78 Å². The van der Waals surface area contributed by atoms with Crippen LogP contribution < -0.4 is 5.73 Å². The number of nitrogen functional groups attached to an aromatic ring is 1. The lowest BCUT2D eigenvalue weighted by Crippen LogP contribution is -2.09. The van der Waals surface area contributed by atoms with E-state index < -0.39 is 0 Å². The van der Waals surface area contributed by atoms with Gasteiger partial charge in [0.05, 0.1) is 23.3 Å². The highest BCUT2D eigenvalue weighted by atomic mass is 15.3. The smallest absolute Gasteiger partial charge is 0.0740 e. The van der Waals surface area contributed by atoms with Crippen molar-refractivity contribution in [2.45, 2.75) is 40.5 Å². The van der Waals surface area contributed by atoms with E-state index >= 15 is 0 Å². The Morgan fingerprint density at radius 3 is 2.17 bits per heavy atom. The van der Waals surface area contributed by atoms with Crippen LogP contribution >= 0.6 is 0 Å². The summed E-state index contributed by atoms with van der Waals surface area (Å²) in [6.07, 6.45) is 1.74. The van der Waals surface area contributed by atoms with E-state index in [0.717, 1.165) is 17.1 Å². The molecule has 0 fully saturated rings. The van der Waals surface area contributed by atoms with Gasteiger partial charge in [0.25, 0.3) is 0 Å². The number of aryl methyl sites for hydroxylation is 3. The molecule has 3 heteroatoms. The van der Waals surface area contributed by atoms with Gasteiger partial charge in [0.15, 0.2) is 0 Å². The van der Waals surface area contributed by atoms with Gasteiger partial charge in [-0.25, -0.2) is 4.68 Å². The Morgan fingerprint density at radius 2 is 1.67 bits per heavy atom. The summed E-state index contributed by atoms with van der Waals surface area (Å²) in [6, 6.07) is 4.37. The topological polar surface area (TPSA) is 43.8 Å². The van der Waals surface area contributed by atoms with E-state index in [1.54, 1.807) is 6.20 Å². The Kier molecular flexibility index (Phi) is 3.16. The zero-order valence-electron chi connectivity index (χ0n) is 11.8. The molecule has 0 unspecified atom stereocenters. The first-order valence-corrected chi connectivity index (χ1v) is 6.33. The van der Waals surface area contributed by atoms with Crippen molar-refractivity contribution in [1.29, 1.82) is 0 Å². The Balaban J connectivity index is 2.70. The summed E-state index contributed by atoms with van der Waals surface area (Å²) in [7, 11) is 0. The number of benzene rings is 1. The number of hydrogen-bond acceptors (Lipinski definition) is 2. The molecule has 3 nitrogen and oxygen atoms in total. The van der Waals surface area contributed by atoms with E-state index in [1.807, 2.05) is 4.68 Å². The predicted molar refractivity (Wildman–Crippen MR) is 76.3 cm³/mol. The number of nitrogens with zero attached hydrogens (tertiary/aromatic N) is 2. The average molecular weight is 243 g/mol. The first kappa shape index (κ1) is 12.7. The van der Waals surface area contributed by atoms with Crippen LogP contribution in [0.25, 0.3) is 5.69 Å². The third kappa shape index (κ3) is 2.01. The molecule has 0 aliphatic heterocycles. The van der Waals surface area contributed by atoms with Crippen LogP contribution in [0, 0.1) is 20.8 Å². The second-order valence-corrected chi connectivity index (χ2v) is 5.30. The molecule has 2 aromatic rings. The van der Waals surface area contributed by atoms with Crippen LogP contribution in [-0.2, 0) is 0 Å². The molecule has 0 atom stereocenters. The highest BCUT2D eigenvalue weighted by Gasteiger charge is 2.16. The van der Waals surface area contributed by atoms with Gasteiger partial charge in [-0.1, -0.05) is 31.5 Å². The molecule has 2 N–H and O–H groups in total. The number of rotatable bonds is 2. The zero-order chi connectivity index (χ0) is 13.4. The third-order valence-corrected chi connectivity index (χ3v) is 3.23. The first-order valence-electron chi connectivity index (χ1n) is 6.33. The van der Waals surface area contributed by atoms with Crippen LogP contribution in [-0.4, -0.2) is 9.78 Å². The molecule has 0 radical (unpaired) electrons. The summed E-state index contributed by atoms with van der Waals surface area (Å²) in [5.41, 5.74) is 12.8. The molecular formula is C15H21N3. The molecule has 0 bridgehead atoms. The Bertz CT molecular complexity index is 556. The first-order chi connectivity index (χ1) is 8.41. The molecule has 96 valence electrons. The van der Waals surface area contributed by atoms with Crippen LogP contribution in [0.2, 0.25) is 0 Å². The van der Waals surface area contributed by atoms with Gasteiger partial charge in [-0.3, -0.25) is 0 Å². The van der Waals surface area contributed by atoms with Crippen molar-refractivity contribution < 1.29 is 0 Å². The van der Waals surface area contributed by atoms with Crippen molar-refractivity contribution in [3.63, 3.8) is 0 Å². The van der Waals surface area contributed by atoms with Crippen molar-refractivity contribution in [3.8, 4) is 5.69 Å². The van der Waals surface area contributed by atoms with Gasteiger partial charge in [0, 0.05) is 0 Å². The molecule has 0 aliphatic rings. The van der Waals surface area contributed by atoms with Gasteiger partial charge < -0.3 is 5.73 Å². The van der Waals surface area contributed by atoms with Crippen LogP contribution in [0.4, 0.5) is 5.69 Å². The summed E-state index contributed by atoms with van der Waals surface area (Å²) in [5.74, 6) is 0.354. The fourth-order valence-electron chi connectivity index (χ4n) is 2.63. The monoisotopic (exact) mass is 243 g/mol. The normalized spacial score (nSPS) is 11.2. The van der Waals surface area contributed by atoms with Gasteiger partial charge in [0.2, 0.25) is 0 Å².